The Morgan fingerprint density at radius 3 is 2.59 bits per heavy atom. The zero-order chi connectivity index (χ0) is 18.8. The van der Waals surface area contributed by atoms with Crippen molar-refractivity contribution in [2.75, 3.05) is 23.3 Å². The molecule has 140 valence electrons. The van der Waals surface area contributed by atoms with E-state index in [1.54, 1.807) is 10.7 Å². The van der Waals surface area contributed by atoms with Gasteiger partial charge in [0.2, 0.25) is 0 Å². The van der Waals surface area contributed by atoms with Gasteiger partial charge in [0.05, 0.1) is 17.6 Å². The van der Waals surface area contributed by atoms with Gasteiger partial charge in [0.15, 0.2) is 5.65 Å². The maximum Gasteiger partial charge on any atom is 0.261 e. The molecule has 0 bridgehead atoms. The van der Waals surface area contributed by atoms with Crippen molar-refractivity contribution in [2.24, 2.45) is 0 Å². The molecule has 6 heteroatoms. The molecule has 4 rings (SSSR count). The summed E-state index contributed by atoms with van der Waals surface area (Å²) in [5.74, 6) is -0.176. The van der Waals surface area contributed by atoms with Crippen molar-refractivity contribution in [1.82, 2.24) is 14.6 Å². The number of hydrogen-bond donors (Lipinski definition) is 1. The van der Waals surface area contributed by atoms with Gasteiger partial charge in [-0.05, 0) is 44.9 Å². The van der Waals surface area contributed by atoms with Gasteiger partial charge in [0, 0.05) is 24.5 Å². The second-order valence-corrected chi connectivity index (χ2v) is 7.21. The maximum absolute atomic E-state index is 13.0. The molecular formula is C21H25N5O. The van der Waals surface area contributed by atoms with Crippen molar-refractivity contribution >= 4 is 22.9 Å². The number of rotatable bonds is 3. The van der Waals surface area contributed by atoms with Crippen LogP contribution in [0.2, 0.25) is 0 Å². The van der Waals surface area contributed by atoms with Gasteiger partial charge in [-0.3, -0.25) is 4.79 Å². The van der Waals surface area contributed by atoms with Crippen molar-refractivity contribution in [3.63, 3.8) is 0 Å². The molecule has 0 unspecified atom stereocenters. The Bertz CT molecular complexity index is 970. The van der Waals surface area contributed by atoms with Crippen molar-refractivity contribution < 1.29 is 4.79 Å². The van der Waals surface area contributed by atoms with Crippen LogP contribution in [-0.4, -0.2) is 33.6 Å². The van der Waals surface area contributed by atoms with E-state index in [-0.39, 0.29) is 5.91 Å². The number of amides is 1. The summed E-state index contributed by atoms with van der Waals surface area (Å²) in [4.78, 5) is 19.9. The zero-order valence-corrected chi connectivity index (χ0v) is 15.9. The number of anilines is 2. The lowest BCUT2D eigenvalue weighted by Crippen LogP contribution is -2.25. The van der Waals surface area contributed by atoms with Crippen LogP contribution in [0.5, 0.6) is 0 Å². The first kappa shape index (κ1) is 17.5. The molecule has 3 aromatic rings. The number of para-hydroxylation sites is 2. The molecule has 0 aliphatic carbocycles. The van der Waals surface area contributed by atoms with Crippen LogP contribution in [0.1, 0.15) is 47.4 Å². The van der Waals surface area contributed by atoms with Crippen LogP contribution in [0.15, 0.2) is 36.5 Å². The van der Waals surface area contributed by atoms with E-state index in [9.17, 15) is 4.79 Å². The van der Waals surface area contributed by atoms with Crippen molar-refractivity contribution in [2.45, 2.75) is 39.5 Å². The molecule has 0 radical (unpaired) electrons. The number of hydrogen-bond acceptors (Lipinski definition) is 4. The molecule has 2 aromatic heterocycles. The van der Waals surface area contributed by atoms with Crippen LogP contribution in [0.3, 0.4) is 0 Å². The largest absolute Gasteiger partial charge is 0.370 e. The van der Waals surface area contributed by atoms with Gasteiger partial charge < -0.3 is 10.2 Å². The Labute approximate surface area is 159 Å². The monoisotopic (exact) mass is 363 g/mol. The van der Waals surface area contributed by atoms with E-state index in [2.05, 4.69) is 26.4 Å². The summed E-state index contributed by atoms with van der Waals surface area (Å²) in [7, 11) is 0. The summed E-state index contributed by atoms with van der Waals surface area (Å²) in [6.45, 7) is 5.95. The molecule has 0 saturated carbocycles. The van der Waals surface area contributed by atoms with Gasteiger partial charge in [-0.25, -0.2) is 9.50 Å². The third-order valence-electron chi connectivity index (χ3n) is 5.12. The molecule has 0 atom stereocenters. The van der Waals surface area contributed by atoms with E-state index in [4.69, 9.17) is 0 Å². The van der Waals surface area contributed by atoms with E-state index in [1.807, 2.05) is 38.1 Å². The quantitative estimate of drug-likeness (QED) is 0.765. The lowest BCUT2D eigenvalue weighted by molar-refractivity contribution is 0.102. The fraction of sp³-hybridized carbons (Fsp3) is 0.381. The highest BCUT2D eigenvalue weighted by Gasteiger charge is 2.19. The molecule has 1 saturated heterocycles. The molecular weight excluding hydrogens is 338 g/mol. The Kier molecular flexibility index (Phi) is 4.79. The van der Waals surface area contributed by atoms with E-state index in [0.29, 0.717) is 11.2 Å². The minimum atomic E-state index is -0.176. The van der Waals surface area contributed by atoms with E-state index in [1.165, 1.54) is 25.7 Å². The molecule has 6 nitrogen and oxygen atoms in total. The third kappa shape index (κ3) is 3.52. The number of carbonyl (C=O) groups excluding carboxylic acids is 1. The summed E-state index contributed by atoms with van der Waals surface area (Å²) in [5, 5.41) is 7.42. The average molecular weight is 363 g/mol. The van der Waals surface area contributed by atoms with Gasteiger partial charge in [0.25, 0.3) is 5.91 Å². The van der Waals surface area contributed by atoms with Gasteiger partial charge in [-0.15, -0.1) is 0 Å². The Hall–Kier alpha value is -2.89. The van der Waals surface area contributed by atoms with Gasteiger partial charge in [0.1, 0.15) is 5.56 Å². The summed E-state index contributed by atoms with van der Waals surface area (Å²) in [6, 6.07) is 9.99. The number of fused-ring (bicyclic) bond motifs is 1. The van der Waals surface area contributed by atoms with Gasteiger partial charge >= 0.3 is 0 Å². The van der Waals surface area contributed by atoms with Crippen LogP contribution in [0.25, 0.3) is 5.65 Å². The van der Waals surface area contributed by atoms with E-state index >= 15 is 0 Å². The van der Waals surface area contributed by atoms with Crippen LogP contribution in [0.4, 0.5) is 11.4 Å². The zero-order valence-electron chi connectivity index (χ0n) is 15.9. The fourth-order valence-electron chi connectivity index (χ4n) is 3.79. The second kappa shape index (κ2) is 7.39. The topological polar surface area (TPSA) is 62.5 Å². The average Bonchev–Trinajstić information content (AvgIpc) is 2.89. The first-order valence-corrected chi connectivity index (χ1v) is 9.61. The molecule has 0 spiro atoms. The first-order chi connectivity index (χ1) is 13.1. The normalized spacial score (nSPS) is 15.0. The first-order valence-electron chi connectivity index (χ1n) is 9.61. The Morgan fingerprint density at radius 2 is 1.81 bits per heavy atom. The molecule has 1 aliphatic rings. The highest BCUT2D eigenvalue weighted by atomic mass is 16.1. The second-order valence-electron chi connectivity index (χ2n) is 7.21. The van der Waals surface area contributed by atoms with Gasteiger partial charge in [-0.2, -0.15) is 5.10 Å². The van der Waals surface area contributed by atoms with E-state index < -0.39 is 0 Å². The van der Waals surface area contributed by atoms with Crippen LogP contribution in [0, 0.1) is 13.8 Å². The Balaban J connectivity index is 1.64. The Morgan fingerprint density at radius 1 is 1.07 bits per heavy atom. The molecule has 1 amide bonds. The molecule has 1 fully saturated rings. The molecule has 3 heterocycles. The highest BCUT2D eigenvalue weighted by molar-refractivity contribution is 6.09. The predicted molar refractivity (Wildman–Crippen MR) is 108 cm³/mol. The number of nitrogens with zero attached hydrogens (tertiary/aromatic N) is 4. The number of aryl methyl sites for hydroxylation is 2. The summed E-state index contributed by atoms with van der Waals surface area (Å²) < 4.78 is 1.71. The predicted octanol–water partition coefficient (Wildman–Crippen LogP) is 3.98. The number of benzene rings is 1. The number of carbonyl (C=O) groups is 1. The molecule has 1 aliphatic heterocycles. The fourth-order valence-corrected chi connectivity index (χ4v) is 3.79. The standard InChI is InChI=1S/C21H25N5O/c1-15-13-16(2)26-20(23-15)17(14-22-26)21(27)24-18-9-5-6-10-19(18)25-11-7-3-4-8-12-25/h5-6,9-10,13-14H,3-4,7-8,11-12H2,1-2H3,(H,24,27). The summed E-state index contributed by atoms with van der Waals surface area (Å²) in [5.41, 5.74) is 4.85. The van der Waals surface area contributed by atoms with Crippen molar-refractivity contribution in [3.05, 3.63) is 53.5 Å². The SMILES string of the molecule is Cc1cc(C)n2ncc(C(=O)Nc3ccccc3N3CCCCCC3)c2n1. The summed E-state index contributed by atoms with van der Waals surface area (Å²) in [6.07, 6.45) is 6.53. The minimum Gasteiger partial charge on any atom is -0.370 e. The van der Waals surface area contributed by atoms with Gasteiger partial charge in [-0.1, -0.05) is 25.0 Å². The molecule has 1 N–H and O–H groups in total. The van der Waals surface area contributed by atoms with E-state index in [0.717, 1.165) is 35.9 Å². The maximum atomic E-state index is 13.0. The number of aromatic nitrogens is 3. The minimum absolute atomic E-state index is 0.176. The molecule has 27 heavy (non-hydrogen) atoms. The van der Waals surface area contributed by atoms with Crippen molar-refractivity contribution in [3.8, 4) is 0 Å². The lowest BCUT2D eigenvalue weighted by Gasteiger charge is -2.25. The smallest absolute Gasteiger partial charge is 0.261 e. The highest BCUT2D eigenvalue weighted by Crippen LogP contribution is 2.28. The molecule has 1 aromatic carbocycles. The summed E-state index contributed by atoms with van der Waals surface area (Å²) >= 11 is 0. The third-order valence-corrected chi connectivity index (χ3v) is 5.12. The van der Waals surface area contributed by atoms with Crippen LogP contribution >= 0.6 is 0 Å². The lowest BCUT2D eigenvalue weighted by atomic mass is 10.2. The van der Waals surface area contributed by atoms with Crippen LogP contribution in [-0.2, 0) is 0 Å². The van der Waals surface area contributed by atoms with Crippen LogP contribution < -0.4 is 10.2 Å². The number of nitrogens with one attached hydrogen (secondary N) is 1. The van der Waals surface area contributed by atoms with Crippen molar-refractivity contribution in [1.29, 1.82) is 0 Å².